The van der Waals surface area contributed by atoms with E-state index in [-0.39, 0.29) is 5.52 Å². The fourth-order valence-corrected chi connectivity index (χ4v) is 2.75. The molecule has 3 aromatic rings. The Hall–Kier alpha value is -2.84. The molecule has 0 fully saturated rings. The molecule has 25 heavy (non-hydrogen) atoms. The van der Waals surface area contributed by atoms with Crippen LogP contribution in [-0.4, -0.2) is 33.6 Å². The van der Waals surface area contributed by atoms with Crippen LogP contribution in [0.15, 0.2) is 35.5 Å². The van der Waals surface area contributed by atoms with Crippen molar-refractivity contribution >= 4 is 16.7 Å². The molecule has 2 aromatic heterocycles. The maximum absolute atomic E-state index is 13.2. The first-order valence-corrected chi connectivity index (χ1v) is 7.49. The van der Waals surface area contributed by atoms with Crippen LogP contribution in [0.4, 0.5) is 19.0 Å². The molecule has 0 aliphatic carbocycles. The maximum Gasteiger partial charge on any atom is 0.416 e. The number of imidazole rings is 1. The van der Waals surface area contributed by atoms with E-state index in [1.165, 1.54) is 17.0 Å². The van der Waals surface area contributed by atoms with Crippen molar-refractivity contribution in [1.82, 2.24) is 19.5 Å². The molecule has 0 radical (unpaired) electrons. The van der Waals surface area contributed by atoms with Gasteiger partial charge in [-0.2, -0.15) is 18.2 Å². The van der Waals surface area contributed by atoms with Crippen molar-refractivity contribution < 1.29 is 13.2 Å². The van der Waals surface area contributed by atoms with Crippen LogP contribution in [0.2, 0.25) is 0 Å². The number of rotatable bonds is 3. The SMILES string of the molecule is CC(c1c[nH]cn1)n1c(=O)nc(N(C)C)c2ccc(C(F)(F)F)cc21. The molecule has 6 nitrogen and oxygen atoms in total. The van der Waals surface area contributed by atoms with Crippen LogP contribution in [0.3, 0.4) is 0 Å². The van der Waals surface area contributed by atoms with Crippen molar-refractivity contribution in [3.05, 3.63) is 52.5 Å². The van der Waals surface area contributed by atoms with Gasteiger partial charge in [-0.25, -0.2) is 9.78 Å². The second kappa shape index (κ2) is 5.91. The standard InChI is InChI=1S/C16H16F3N5O/c1-9(12-7-20-8-21-12)24-13-6-10(16(17,18)19)4-5-11(13)14(23(2)3)22-15(24)25/h4-9H,1-3H3,(H,20,21). The fourth-order valence-electron chi connectivity index (χ4n) is 2.75. The minimum atomic E-state index is -4.51. The number of H-pyrrole nitrogens is 1. The van der Waals surface area contributed by atoms with Crippen molar-refractivity contribution in [2.75, 3.05) is 19.0 Å². The van der Waals surface area contributed by atoms with Crippen molar-refractivity contribution in [2.24, 2.45) is 0 Å². The van der Waals surface area contributed by atoms with E-state index in [4.69, 9.17) is 0 Å². The molecule has 2 heterocycles. The summed E-state index contributed by atoms with van der Waals surface area (Å²) in [6, 6.07) is 2.74. The molecular formula is C16H16F3N5O. The zero-order valence-corrected chi connectivity index (χ0v) is 13.8. The summed E-state index contributed by atoms with van der Waals surface area (Å²) >= 11 is 0. The lowest BCUT2D eigenvalue weighted by molar-refractivity contribution is -0.137. The Morgan fingerprint density at radius 3 is 2.56 bits per heavy atom. The monoisotopic (exact) mass is 351 g/mol. The number of hydrogen-bond donors (Lipinski definition) is 1. The van der Waals surface area contributed by atoms with E-state index in [0.717, 1.165) is 12.1 Å². The number of hydrogen-bond acceptors (Lipinski definition) is 4. The fraction of sp³-hybridized carbons (Fsp3) is 0.312. The molecule has 0 saturated carbocycles. The molecule has 1 atom stereocenters. The second-order valence-corrected chi connectivity index (χ2v) is 5.88. The number of fused-ring (bicyclic) bond motifs is 1. The molecular weight excluding hydrogens is 335 g/mol. The molecule has 0 saturated heterocycles. The smallest absolute Gasteiger partial charge is 0.362 e. The van der Waals surface area contributed by atoms with Crippen molar-refractivity contribution in [2.45, 2.75) is 19.1 Å². The largest absolute Gasteiger partial charge is 0.416 e. The van der Waals surface area contributed by atoms with Gasteiger partial charge in [-0.15, -0.1) is 0 Å². The summed E-state index contributed by atoms with van der Waals surface area (Å²) in [6.45, 7) is 1.69. The molecule has 0 aliphatic heterocycles. The van der Waals surface area contributed by atoms with Crippen LogP contribution in [0.5, 0.6) is 0 Å². The number of nitrogens with zero attached hydrogens (tertiary/aromatic N) is 4. The van der Waals surface area contributed by atoms with Crippen LogP contribution in [-0.2, 0) is 6.18 Å². The first-order chi connectivity index (χ1) is 11.7. The van der Waals surface area contributed by atoms with Crippen LogP contribution in [0.25, 0.3) is 10.9 Å². The Morgan fingerprint density at radius 1 is 1.28 bits per heavy atom. The quantitative estimate of drug-likeness (QED) is 0.788. The second-order valence-electron chi connectivity index (χ2n) is 5.88. The third kappa shape index (κ3) is 2.97. The molecule has 1 aromatic carbocycles. The molecule has 9 heteroatoms. The van der Waals surface area contributed by atoms with E-state index in [2.05, 4.69) is 15.0 Å². The molecule has 0 amide bonds. The lowest BCUT2D eigenvalue weighted by Crippen LogP contribution is -2.29. The third-order valence-electron chi connectivity index (χ3n) is 3.99. The molecule has 0 aliphatic rings. The zero-order valence-electron chi connectivity index (χ0n) is 13.8. The Balaban J connectivity index is 2.37. The zero-order chi connectivity index (χ0) is 18.4. The Labute approximate surface area is 140 Å². The van der Waals surface area contributed by atoms with Gasteiger partial charge in [-0.05, 0) is 25.1 Å². The normalized spacial score (nSPS) is 13.2. The van der Waals surface area contributed by atoms with E-state index in [1.54, 1.807) is 32.1 Å². The molecule has 1 N–H and O–H groups in total. The van der Waals surface area contributed by atoms with Gasteiger partial charge in [-0.1, -0.05) is 0 Å². The highest BCUT2D eigenvalue weighted by molar-refractivity contribution is 5.90. The van der Waals surface area contributed by atoms with Gasteiger partial charge < -0.3 is 9.88 Å². The Kier molecular flexibility index (Phi) is 4.02. The van der Waals surface area contributed by atoms with Crippen molar-refractivity contribution in [3.63, 3.8) is 0 Å². The van der Waals surface area contributed by atoms with E-state index < -0.39 is 23.5 Å². The summed E-state index contributed by atoms with van der Waals surface area (Å²) in [5.74, 6) is 0.319. The number of aromatic nitrogens is 4. The number of anilines is 1. The van der Waals surface area contributed by atoms with E-state index in [0.29, 0.717) is 16.9 Å². The highest BCUT2D eigenvalue weighted by Crippen LogP contribution is 2.33. The predicted octanol–water partition coefficient (Wildman–Crippen LogP) is 2.81. The van der Waals surface area contributed by atoms with Gasteiger partial charge >= 0.3 is 11.9 Å². The van der Waals surface area contributed by atoms with Crippen LogP contribution in [0, 0.1) is 0 Å². The summed E-state index contributed by atoms with van der Waals surface area (Å²) in [6.07, 6.45) is -1.47. The van der Waals surface area contributed by atoms with Crippen LogP contribution >= 0.6 is 0 Å². The lowest BCUT2D eigenvalue weighted by Gasteiger charge is -2.21. The number of halogens is 3. The summed E-state index contributed by atoms with van der Waals surface area (Å²) < 4.78 is 40.7. The predicted molar refractivity (Wildman–Crippen MR) is 87.7 cm³/mol. The number of alkyl halides is 3. The average Bonchev–Trinajstić information content (AvgIpc) is 3.06. The van der Waals surface area contributed by atoms with E-state index in [9.17, 15) is 18.0 Å². The molecule has 0 bridgehead atoms. The summed E-state index contributed by atoms with van der Waals surface area (Å²) in [5.41, 5.74) is -0.765. The minimum absolute atomic E-state index is 0.161. The topological polar surface area (TPSA) is 66.8 Å². The molecule has 1 unspecified atom stereocenters. The summed E-state index contributed by atoms with van der Waals surface area (Å²) in [5, 5.41) is 0.458. The highest BCUT2D eigenvalue weighted by atomic mass is 19.4. The van der Waals surface area contributed by atoms with Gasteiger partial charge in [0, 0.05) is 25.7 Å². The van der Waals surface area contributed by atoms with Crippen LogP contribution < -0.4 is 10.6 Å². The van der Waals surface area contributed by atoms with Gasteiger partial charge in [0.05, 0.1) is 29.1 Å². The van der Waals surface area contributed by atoms with Crippen molar-refractivity contribution in [1.29, 1.82) is 0 Å². The first-order valence-electron chi connectivity index (χ1n) is 7.49. The number of benzene rings is 1. The number of nitrogens with one attached hydrogen (secondary N) is 1. The van der Waals surface area contributed by atoms with Crippen LogP contribution in [0.1, 0.15) is 24.2 Å². The Bertz CT molecular complexity index is 960. The third-order valence-corrected chi connectivity index (χ3v) is 3.99. The maximum atomic E-state index is 13.2. The van der Waals surface area contributed by atoms with E-state index >= 15 is 0 Å². The van der Waals surface area contributed by atoms with E-state index in [1.807, 2.05) is 0 Å². The van der Waals surface area contributed by atoms with Gasteiger partial charge in [0.1, 0.15) is 5.82 Å². The van der Waals surface area contributed by atoms with Gasteiger partial charge in [0.15, 0.2) is 0 Å². The molecule has 0 spiro atoms. The Morgan fingerprint density at radius 2 is 2.00 bits per heavy atom. The van der Waals surface area contributed by atoms with Gasteiger partial charge in [0.2, 0.25) is 0 Å². The lowest BCUT2D eigenvalue weighted by atomic mass is 10.1. The van der Waals surface area contributed by atoms with Gasteiger partial charge in [-0.3, -0.25) is 4.57 Å². The minimum Gasteiger partial charge on any atom is -0.362 e. The first kappa shape index (κ1) is 17.0. The average molecular weight is 351 g/mol. The highest BCUT2D eigenvalue weighted by Gasteiger charge is 2.31. The van der Waals surface area contributed by atoms with Gasteiger partial charge in [0.25, 0.3) is 0 Å². The number of aromatic amines is 1. The summed E-state index contributed by atoms with van der Waals surface area (Å²) in [7, 11) is 3.36. The molecule has 3 rings (SSSR count). The molecule has 132 valence electrons. The van der Waals surface area contributed by atoms with Crippen molar-refractivity contribution in [3.8, 4) is 0 Å². The summed E-state index contributed by atoms with van der Waals surface area (Å²) in [4.78, 5) is 25.1.